The second-order valence-electron chi connectivity index (χ2n) is 3.09. The van der Waals surface area contributed by atoms with Crippen molar-refractivity contribution in [1.82, 2.24) is 15.1 Å². The topological polar surface area (TPSA) is 46.9 Å². The van der Waals surface area contributed by atoms with Crippen LogP contribution in [0.5, 0.6) is 0 Å². The fourth-order valence-corrected chi connectivity index (χ4v) is 1.45. The number of halogens is 1. The monoisotopic (exact) mass is 259 g/mol. The average molecular weight is 260 g/mol. The van der Waals surface area contributed by atoms with E-state index in [0.29, 0.717) is 18.3 Å². The number of aromatic nitrogens is 2. The maximum atomic E-state index is 11.2. The molecule has 0 aromatic carbocycles. The molecule has 1 N–H and O–H groups in total. The molecule has 0 spiro atoms. The first kappa shape index (κ1) is 11.2. The lowest BCUT2D eigenvalue weighted by Crippen LogP contribution is -2.22. The molecule has 78 valence electrons. The van der Waals surface area contributed by atoms with Crippen LogP contribution in [0.2, 0.25) is 0 Å². The van der Waals surface area contributed by atoms with E-state index in [9.17, 15) is 4.79 Å². The molecule has 4 nitrogen and oxygen atoms in total. The number of nitrogens with zero attached hydrogens (tertiary/aromatic N) is 2. The summed E-state index contributed by atoms with van der Waals surface area (Å²) in [5, 5.41) is 7.63. The van der Waals surface area contributed by atoms with Gasteiger partial charge in [-0.25, -0.2) is 0 Å². The molecule has 1 rings (SSSR count). The molecule has 1 aromatic heterocycles. The van der Waals surface area contributed by atoms with Crippen LogP contribution in [0, 0.1) is 6.92 Å². The van der Waals surface area contributed by atoms with Gasteiger partial charge in [0, 0.05) is 36.6 Å². The summed E-state index contributed by atoms with van der Waals surface area (Å²) in [4.78, 5) is 11.2. The van der Waals surface area contributed by atoms with Crippen LogP contribution < -0.4 is 5.32 Å². The molecule has 0 unspecified atom stereocenters. The number of hydrogen-bond donors (Lipinski definition) is 1. The summed E-state index contributed by atoms with van der Waals surface area (Å²) in [6.45, 7) is 2.55. The number of carbonyl (C=O) groups excluding carboxylic acids is 1. The van der Waals surface area contributed by atoms with Crippen molar-refractivity contribution in [3.8, 4) is 0 Å². The summed E-state index contributed by atoms with van der Waals surface area (Å²) >= 11 is 3.22. The van der Waals surface area contributed by atoms with Crippen LogP contribution in [0.25, 0.3) is 0 Å². The van der Waals surface area contributed by atoms with Crippen LogP contribution in [-0.4, -0.2) is 21.0 Å². The lowest BCUT2D eigenvalue weighted by Gasteiger charge is -2.03. The highest BCUT2D eigenvalue weighted by Crippen LogP contribution is 2.04. The SMILES string of the molecule is Cc1c(CNC(=O)CCBr)cnn1C. The van der Waals surface area contributed by atoms with Gasteiger partial charge in [-0.3, -0.25) is 9.48 Å². The van der Waals surface area contributed by atoms with Gasteiger partial charge < -0.3 is 5.32 Å². The number of hydrogen-bond acceptors (Lipinski definition) is 2. The third kappa shape index (κ3) is 2.83. The molecular formula is C9H14BrN3O. The van der Waals surface area contributed by atoms with E-state index in [0.717, 1.165) is 11.3 Å². The fraction of sp³-hybridized carbons (Fsp3) is 0.556. The van der Waals surface area contributed by atoms with Crippen molar-refractivity contribution in [2.45, 2.75) is 19.9 Å². The van der Waals surface area contributed by atoms with Gasteiger partial charge in [0.15, 0.2) is 0 Å². The Morgan fingerprint density at radius 3 is 2.93 bits per heavy atom. The molecule has 0 fully saturated rings. The molecule has 0 aliphatic carbocycles. The van der Waals surface area contributed by atoms with E-state index in [-0.39, 0.29) is 5.91 Å². The predicted octanol–water partition coefficient (Wildman–Crippen LogP) is 1.13. The van der Waals surface area contributed by atoms with E-state index in [2.05, 4.69) is 26.3 Å². The Hall–Kier alpha value is -0.840. The maximum absolute atomic E-state index is 11.2. The molecule has 0 aliphatic heterocycles. The Bertz CT molecular complexity index is 322. The van der Waals surface area contributed by atoms with Gasteiger partial charge in [-0.15, -0.1) is 0 Å². The quantitative estimate of drug-likeness (QED) is 0.825. The lowest BCUT2D eigenvalue weighted by atomic mass is 10.2. The van der Waals surface area contributed by atoms with Gasteiger partial charge in [0.1, 0.15) is 0 Å². The number of amides is 1. The largest absolute Gasteiger partial charge is 0.352 e. The number of nitrogens with one attached hydrogen (secondary N) is 1. The molecule has 1 heterocycles. The second-order valence-corrected chi connectivity index (χ2v) is 3.89. The number of aryl methyl sites for hydroxylation is 1. The minimum atomic E-state index is 0.0603. The van der Waals surface area contributed by atoms with Crippen LogP contribution in [0.3, 0.4) is 0 Å². The number of carbonyl (C=O) groups is 1. The molecular weight excluding hydrogens is 246 g/mol. The average Bonchev–Trinajstić information content (AvgIpc) is 2.46. The first-order valence-electron chi connectivity index (χ1n) is 4.45. The van der Waals surface area contributed by atoms with Gasteiger partial charge in [-0.2, -0.15) is 5.10 Å². The summed E-state index contributed by atoms with van der Waals surface area (Å²) in [7, 11) is 1.89. The molecule has 0 saturated carbocycles. The predicted molar refractivity (Wildman–Crippen MR) is 58.2 cm³/mol. The van der Waals surface area contributed by atoms with Crippen molar-refractivity contribution in [2.24, 2.45) is 7.05 Å². The van der Waals surface area contributed by atoms with E-state index in [1.165, 1.54) is 0 Å². The summed E-state index contributed by atoms with van der Waals surface area (Å²) in [5.74, 6) is 0.0603. The molecule has 0 radical (unpaired) electrons. The minimum Gasteiger partial charge on any atom is -0.352 e. The second kappa shape index (κ2) is 5.14. The van der Waals surface area contributed by atoms with Crippen molar-refractivity contribution in [3.05, 3.63) is 17.5 Å². The zero-order valence-corrected chi connectivity index (χ0v) is 9.97. The molecule has 0 bridgehead atoms. The Labute approximate surface area is 91.8 Å². The molecule has 0 saturated heterocycles. The Morgan fingerprint density at radius 2 is 2.43 bits per heavy atom. The highest BCUT2D eigenvalue weighted by Gasteiger charge is 2.05. The van der Waals surface area contributed by atoms with Gasteiger partial charge >= 0.3 is 0 Å². The van der Waals surface area contributed by atoms with E-state index in [4.69, 9.17) is 0 Å². The van der Waals surface area contributed by atoms with Crippen molar-refractivity contribution in [2.75, 3.05) is 5.33 Å². The minimum absolute atomic E-state index is 0.0603. The fourth-order valence-electron chi connectivity index (χ4n) is 1.09. The zero-order valence-electron chi connectivity index (χ0n) is 8.38. The van der Waals surface area contributed by atoms with E-state index in [1.807, 2.05) is 14.0 Å². The van der Waals surface area contributed by atoms with Crippen LogP contribution in [0.15, 0.2) is 6.20 Å². The van der Waals surface area contributed by atoms with Gasteiger partial charge in [0.2, 0.25) is 5.91 Å². The highest BCUT2D eigenvalue weighted by atomic mass is 79.9. The number of alkyl halides is 1. The third-order valence-corrected chi connectivity index (χ3v) is 2.53. The van der Waals surface area contributed by atoms with Crippen molar-refractivity contribution >= 4 is 21.8 Å². The van der Waals surface area contributed by atoms with Gasteiger partial charge in [-0.05, 0) is 6.92 Å². The Balaban J connectivity index is 2.46. The Kier molecular flexibility index (Phi) is 4.13. The molecule has 0 aliphatic rings. The van der Waals surface area contributed by atoms with Crippen LogP contribution in [0.4, 0.5) is 0 Å². The smallest absolute Gasteiger partial charge is 0.221 e. The highest BCUT2D eigenvalue weighted by molar-refractivity contribution is 9.09. The summed E-state index contributed by atoms with van der Waals surface area (Å²) in [5.41, 5.74) is 2.15. The molecule has 0 atom stereocenters. The van der Waals surface area contributed by atoms with Crippen LogP contribution in [0.1, 0.15) is 17.7 Å². The van der Waals surface area contributed by atoms with Crippen molar-refractivity contribution < 1.29 is 4.79 Å². The molecule has 5 heteroatoms. The van der Waals surface area contributed by atoms with E-state index < -0.39 is 0 Å². The lowest BCUT2D eigenvalue weighted by molar-refractivity contribution is -0.120. The first-order chi connectivity index (χ1) is 6.65. The van der Waals surface area contributed by atoms with Crippen molar-refractivity contribution in [1.29, 1.82) is 0 Å². The first-order valence-corrected chi connectivity index (χ1v) is 5.57. The number of rotatable bonds is 4. The normalized spacial score (nSPS) is 10.2. The molecule has 1 aromatic rings. The van der Waals surface area contributed by atoms with Gasteiger partial charge in [-0.1, -0.05) is 15.9 Å². The molecule has 1 amide bonds. The van der Waals surface area contributed by atoms with Crippen LogP contribution in [-0.2, 0) is 18.4 Å². The summed E-state index contributed by atoms with van der Waals surface area (Å²) in [6.07, 6.45) is 2.29. The summed E-state index contributed by atoms with van der Waals surface area (Å²) in [6, 6.07) is 0. The van der Waals surface area contributed by atoms with Gasteiger partial charge in [0.25, 0.3) is 0 Å². The summed E-state index contributed by atoms with van der Waals surface area (Å²) < 4.78 is 1.80. The maximum Gasteiger partial charge on any atom is 0.221 e. The molecule has 14 heavy (non-hydrogen) atoms. The van der Waals surface area contributed by atoms with Crippen LogP contribution >= 0.6 is 15.9 Å². The van der Waals surface area contributed by atoms with Crippen molar-refractivity contribution in [3.63, 3.8) is 0 Å². The van der Waals surface area contributed by atoms with Gasteiger partial charge in [0.05, 0.1) is 6.20 Å². The van der Waals surface area contributed by atoms with E-state index in [1.54, 1.807) is 10.9 Å². The zero-order chi connectivity index (χ0) is 10.6. The standard InChI is InChI=1S/C9H14BrN3O/c1-7-8(6-12-13(7)2)5-11-9(14)3-4-10/h6H,3-5H2,1-2H3,(H,11,14). The van der Waals surface area contributed by atoms with E-state index >= 15 is 0 Å². The Morgan fingerprint density at radius 1 is 1.71 bits per heavy atom. The third-order valence-electron chi connectivity index (χ3n) is 2.13.